The van der Waals surface area contributed by atoms with Gasteiger partial charge in [0.15, 0.2) is 0 Å². The fourth-order valence-electron chi connectivity index (χ4n) is 1.87. The molecule has 2 aromatic rings. The van der Waals surface area contributed by atoms with Gasteiger partial charge in [-0.15, -0.1) is 0 Å². The molecule has 0 amide bonds. The maximum absolute atomic E-state index is 11.5. The van der Waals surface area contributed by atoms with Gasteiger partial charge >= 0.3 is 5.97 Å². The number of hydrogen-bond donors (Lipinski definition) is 0. The Morgan fingerprint density at radius 2 is 2.00 bits per heavy atom. The summed E-state index contributed by atoms with van der Waals surface area (Å²) in [7, 11) is 0. The molecule has 0 aliphatic rings. The third-order valence-electron chi connectivity index (χ3n) is 2.88. The van der Waals surface area contributed by atoms with Crippen LogP contribution in [0.5, 0.6) is 0 Å². The van der Waals surface area contributed by atoms with Crippen molar-refractivity contribution < 1.29 is 9.53 Å². The highest BCUT2D eigenvalue weighted by atomic mass is 16.5. The Bertz CT molecular complexity index is 511. The molecule has 1 unspecified atom stereocenters. The van der Waals surface area contributed by atoms with E-state index in [0.717, 1.165) is 11.1 Å². The molecule has 1 aromatic heterocycles. The molecule has 0 aliphatic heterocycles. The average molecular weight is 255 g/mol. The van der Waals surface area contributed by atoms with Crippen LogP contribution in [0.2, 0.25) is 0 Å². The molecule has 0 saturated carbocycles. The van der Waals surface area contributed by atoms with E-state index in [0.29, 0.717) is 12.8 Å². The molecule has 0 radical (unpaired) electrons. The summed E-state index contributed by atoms with van der Waals surface area (Å²) in [5.74, 6) is -0.183. The Hall–Kier alpha value is -2.16. The van der Waals surface area contributed by atoms with Crippen molar-refractivity contribution in [1.82, 2.24) is 4.98 Å². The molecule has 19 heavy (non-hydrogen) atoms. The molecule has 0 saturated heterocycles. The van der Waals surface area contributed by atoms with Crippen LogP contribution in [0.15, 0.2) is 54.9 Å². The highest BCUT2D eigenvalue weighted by Crippen LogP contribution is 2.22. The van der Waals surface area contributed by atoms with Crippen LogP contribution in [0.3, 0.4) is 0 Å². The SMILES string of the molecule is CCC(=O)OC(Cc1cccnc1)c1ccccc1. The van der Waals surface area contributed by atoms with Crippen LogP contribution < -0.4 is 0 Å². The quantitative estimate of drug-likeness (QED) is 0.769. The van der Waals surface area contributed by atoms with Gasteiger partial charge in [-0.2, -0.15) is 0 Å². The van der Waals surface area contributed by atoms with E-state index in [1.54, 1.807) is 19.3 Å². The van der Waals surface area contributed by atoms with E-state index in [1.165, 1.54) is 0 Å². The van der Waals surface area contributed by atoms with Crippen LogP contribution in [0.25, 0.3) is 0 Å². The highest BCUT2D eigenvalue weighted by molar-refractivity contribution is 5.69. The smallest absolute Gasteiger partial charge is 0.306 e. The molecule has 0 bridgehead atoms. The standard InChI is InChI=1S/C16H17NO2/c1-2-16(18)19-15(14-8-4-3-5-9-14)11-13-7-6-10-17-12-13/h3-10,12,15H,2,11H2,1H3. The number of rotatable bonds is 5. The van der Waals surface area contributed by atoms with Crippen molar-refractivity contribution in [3.63, 3.8) is 0 Å². The lowest BCUT2D eigenvalue weighted by Crippen LogP contribution is -2.13. The zero-order valence-corrected chi connectivity index (χ0v) is 11.0. The molecular weight excluding hydrogens is 238 g/mol. The van der Waals surface area contributed by atoms with Crippen LogP contribution in [-0.2, 0) is 16.0 Å². The van der Waals surface area contributed by atoms with Gasteiger partial charge in [0.2, 0.25) is 0 Å². The minimum Gasteiger partial charge on any atom is -0.457 e. The van der Waals surface area contributed by atoms with E-state index in [9.17, 15) is 4.79 Å². The Balaban J connectivity index is 2.17. The van der Waals surface area contributed by atoms with Gasteiger partial charge in [0.05, 0.1) is 0 Å². The van der Waals surface area contributed by atoms with Gasteiger partial charge in [-0.25, -0.2) is 0 Å². The molecule has 3 nitrogen and oxygen atoms in total. The fraction of sp³-hybridized carbons (Fsp3) is 0.250. The van der Waals surface area contributed by atoms with Crippen molar-refractivity contribution in [3.05, 3.63) is 66.0 Å². The first-order chi connectivity index (χ1) is 9.29. The van der Waals surface area contributed by atoms with Crippen molar-refractivity contribution in [2.24, 2.45) is 0 Å². The van der Waals surface area contributed by atoms with Crippen molar-refractivity contribution >= 4 is 5.97 Å². The first-order valence-corrected chi connectivity index (χ1v) is 6.43. The predicted molar refractivity (Wildman–Crippen MR) is 73.5 cm³/mol. The van der Waals surface area contributed by atoms with E-state index in [1.807, 2.05) is 42.5 Å². The summed E-state index contributed by atoms with van der Waals surface area (Å²) in [4.78, 5) is 15.6. The molecular formula is C16H17NO2. The highest BCUT2D eigenvalue weighted by Gasteiger charge is 2.16. The second-order valence-electron chi connectivity index (χ2n) is 4.31. The predicted octanol–water partition coefficient (Wildman–Crippen LogP) is 3.32. The number of aromatic nitrogens is 1. The molecule has 2 rings (SSSR count). The monoisotopic (exact) mass is 255 g/mol. The lowest BCUT2D eigenvalue weighted by molar-refractivity contribution is -0.149. The minimum atomic E-state index is -0.252. The first kappa shape index (κ1) is 13.3. The van der Waals surface area contributed by atoms with E-state index < -0.39 is 0 Å². The third-order valence-corrected chi connectivity index (χ3v) is 2.88. The number of carbonyl (C=O) groups excluding carboxylic acids is 1. The number of carbonyl (C=O) groups is 1. The number of benzene rings is 1. The van der Waals surface area contributed by atoms with E-state index in [4.69, 9.17) is 4.74 Å². The zero-order valence-electron chi connectivity index (χ0n) is 11.0. The number of pyridine rings is 1. The van der Waals surface area contributed by atoms with E-state index in [2.05, 4.69) is 4.98 Å². The molecule has 98 valence electrons. The lowest BCUT2D eigenvalue weighted by Gasteiger charge is -2.18. The van der Waals surface area contributed by atoms with Gasteiger partial charge in [-0.1, -0.05) is 43.3 Å². The van der Waals surface area contributed by atoms with Gasteiger partial charge in [0.1, 0.15) is 6.10 Å². The maximum atomic E-state index is 11.5. The normalized spacial score (nSPS) is 11.8. The van der Waals surface area contributed by atoms with Crippen molar-refractivity contribution in [3.8, 4) is 0 Å². The van der Waals surface area contributed by atoms with Crippen molar-refractivity contribution in [2.45, 2.75) is 25.9 Å². The van der Waals surface area contributed by atoms with Crippen LogP contribution in [0.1, 0.15) is 30.6 Å². The Morgan fingerprint density at radius 3 is 2.63 bits per heavy atom. The first-order valence-electron chi connectivity index (χ1n) is 6.43. The molecule has 1 heterocycles. The molecule has 1 atom stereocenters. The van der Waals surface area contributed by atoms with Gasteiger partial charge in [-0.3, -0.25) is 9.78 Å². The van der Waals surface area contributed by atoms with Crippen LogP contribution >= 0.6 is 0 Å². The van der Waals surface area contributed by atoms with Crippen molar-refractivity contribution in [1.29, 1.82) is 0 Å². The topological polar surface area (TPSA) is 39.2 Å². The van der Waals surface area contributed by atoms with E-state index in [-0.39, 0.29) is 12.1 Å². The average Bonchev–Trinajstić information content (AvgIpc) is 2.48. The summed E-state index contributed by atoms with van der Waals surface area (Å²) in [6.45, 7) is 1.80. The van der Waals surface area contributed by atoms with Crippen LogP contribution in [-0.4, -0.2) is 11.0 Å². The second-order valence-corrected chi connectivity index (χ2v) is 4.31. The molecule has 1 aromatic carbocycles. The van der Waals surface area contributed by atoms with Crippen molar-refractivity contribution in [2.75, 3.05) is 0 Å². The maximum Gasteiger partial charge on any atom is 0.306 e. The molecule has 3 heteroatoms. The molecule has 0 N–H and O–H groups in total. The number of nitrogens with zero attached hydrogens (tertiary/aromatic N) is 1. The molecule has 0 aliphatic carbocycles. The summed E-state index contributed by atoms with van der Waals surface area (Å²) >= 11 is 0. The largest absolute Gasteiger partial charge is 0.457 e. The zero-order chi connectivity index (χ0) is 13.5. The second kappa shape index (κ2) is 6.69. The van der Waals surface area contributed by atoms with Crippen LogP contribution in [0.4, 0.5) is 0 Å². The summed E-state index contributed by atoms with van der Waals surface area (Å²) in [5.41, 5.74) is 2.06. The molecule has 0 fully saturated rings. The molecule has 0 spiro atoms. The van der Waals surface area contributed by atoms with Crippen LogP contribution in [0, 0.1) is 0 Å². The lowest BCUT2D eigenvalue weighted by atomic mass is 10.0. The summed E-state index contributed by atoms with van der Waals surface area (Å²) in [6.07, 6.45) is 4.31. The Kier molecular flexibility index (Phi) is 4.67. The van der Waals surface area contributed by atoms with Gasteiger partial charge in [0, 0.05) is 25.2 Å². The minimum absolute atomic E-state index is 0.183. The summed E-state index contributed by atoms with van der Waals surface area (Å²) in [5, 5.41) is 0. The van der Waals surface area contributed by atoms with E-state index >= 15 is 0 Å². The van der Waals surface area contributed by atoms with Gasteiger partial charge < -0.3 is 4.74 Å². The van der Waals surface area contributed by atoms with Gasteiger partial charge in [-0.05, 0) is 17.2 Å². The third kappa shape index (κ3) is 3.91. The fourth-order valence-corrected chi connectivity index (χ4v) is 1.87. The number of ether oxygens (including phenoxy) is 1. The number of esters is 1. The number of hydrogen-bond acceptors (Lipinski definition) is 3. The summed E-state index contributed by atoms with van der Waals surface area (Å²) < 4.78 is 5.52. The van der Waals surface area contributed by atoms with Gasteiger partial charge in [0.25, 0.3) is 0 Å². The summed E-state index contributed by atoms with van der Waals surface area (Å²) in [6, 6.07) is 13.7. The Labute approximate surface area is 113 Å². The Morgan fingerprint density at radius 1 is 1.21 bits per heavy atom.